The summed E-state index contributed by atoms with van der Waals surface area (Å²) in [4.78, 5) is 26.6. The summed E-state index contributed by atoms with van der Waals surface area (Å²) >= 11 is 1.53. The molecule has 0 aliphatic heterocycles. The van der Waals surface area contributed by atoms with E-state index in [0.717, 1.165) is 12.1 Å². The summed E-state index contributed by atoms with van der Waals surface area (Å²) in [6.07, 6.45) is 1.56. The summed E-state index contributed by atoms with van der Waals surface area (Å²) in [5.41, 5.74) is 2.72. The van der Waals surface area contributed by atoms with E-state index in [1.165, 1.54) is 11.3 Å². The van der Waals surface area contributed by atoms with Gasteiger partial charge in [0, 0.05) is 31.3 Å². The van der Waals surface area contributed by atoms with Gasteiger partial charge in [-0.2, -0.15) is 0 Å². The van der Waals surface area contributed by atoms with Crippen LogP contribution in [0.4, 0.5) is 4.79 Å². The Hall–Kier alpha value is -1.63. The van der Waals surface area contributed by atoms with Gasteiger partial charge in [0.05, 0.1) is 11.2 Å². The number of hydrogen-bond donors (Lipinski definition) is 3. The number of carboxylic acid groups (broad SMARTS) is 1. The number of nitrogens with zero attached hydrogens (tertiary/aromatic N) is 1. The van der Waals surface area contributed by atoms with Crippen LogP contribution in [0.3, 0.4) is 0 Å². The highest BCUT2D eigenvalue weighted by Crippen LogP contribution is 2.14. The largest absolute Gasteiger partial charge is 0.481 e. The first-order valence-corrected chi connectivity index (χ1v) is 8.02. The van der Waals surface area contributed by atoms with E-state index in [0.29, 0.717) is 25.4 Å². The minimum Gasteiger partial charge on any atom is -0.481 e. The Morgan fingerprint density at radius 3 is 2.71 bits per heavy atom. The molecule has 0 unspecified atom stereocenters. The van der Waals surface area contributed by atoms with E-state index in [4.69, 9.17) is 5.11 Å². The number of carbonyl (C=O) groups excluding carboxylic acids is 1. The monoisotopic (exact) mass is 313 g/mol. The number of aromatic nitrogens is 1. The predicted molar refractivity (Wildman–Crippen MR) is 82.4 cm³/mol. The molecule has 0 radical (unpaired) electrons. The number of urea groups is 1. The van der Waals surface area contributed by atoms with E-state index in [1.807, 2.05) is 19.2 Å². The molecular formula is C14H23N3O3S. The fraction of sp³-hybridized carbons (Fsp3) is 0.643. The second-order valence-electron chi connectivity index (χ2n) is 5.46. The van der Waals surface area contributed by atoms with Crippen LogP contribution in [0, 0.1) is 11.8 Å². The quantitative estimate of drug-likeness (QED) is 0.651. The molecule has 7 heteroatoms. The van der Waals surface area contributed by atoms with Crippen LogP contribution in [-0.2, 0) is 11.2 Å². The third kappa shape index (κ3) is 8.29. The molecule has 0 saturated carbocycles. The summed E-state index contributed by atoms with van der Waals surface area (Å²) in [5.74, 6) is -0.456. The zero-order valence-electron chi connectivity index (χ0n) is 12.5. The van der Waals surface area contributed by atoms with Crippen molar-refractivity contribution in [2.75, 3.05) is 13.1 Å². The van der Waals surface area contributed by atoms with Crippen molar-refractivity contribution < 1.29 is 14.7 Å². The normalized spacial score (nSPS) is 12.1. The first-order chi connectivity index (χ1) is 9.97. The second-order valence-corrected chi connectivity index (χ2v) is 6.18. The molecule has 0 bridgehead atoms. The van der Waals surface area contributed by atoms with Gasteiger partial charge in [0.25, 0.3) is 0 Å². The molecule has 1 heterocycles. The third-order valence-electron chi connectivity index (χ3n) is 2.97. The highest BCUT2D eigenvalue weighted by Gasteiger charge is 2.15. The predicted octanol–water partition coefficient (Wildman–Crippen LogP) is 2.12. The maximum absolute atomic E-state index is 11.7. The number of carboxylic acids is 1. The number of aliphatic carboxylic acids is 1. The summed E-state index contributed by atoms with van der Waals surface area (Å²) in [6.45, 7) is 4.99. The molecule has 0 aromatic carbocycles. The van der Waals surface area contributed by atoms with Gasteiger partial charge in [0.15, 0.2) is 0 Å². The van der Waals surface area contributed by atoms with Gasteiger partial charge in [-0.3, -0.25) is 4.79 Å². The first kappa shape index (κ1) is 17.4. The van der Waals surface area contributed by atoms with E-state index in [-0.39, 0.29) is 18.4 Å². The van der Waals surface area contributed by atoms with Crippen LogP contribution in [0.25, 0.3) is 0 Å². The summed E-state index contributed by atoms with van der Waals surface area (Å²) in [7, 11) is 0. The van der Waals surface area contributed by atoms with Crippen LogP contribution in [0.15, 0.2) is 10.9 Å². The molecule has 1 atom stereocenters. The van der Waals surface area contributed by atoms with Crippen LogP contribution >= 0.6 is 11.3 Å². The number of rotatable bonds is 9. The molecule has 21 heavy (non-hydrogen) atoms. The van der Waals surface area contributed by atoms with Gasteiger partial charge < -0.3 is 15.7 Å². The Kier molecular flexibility index (Phi) is 7.74. The fourth-order valence-electron chi connectivity index (χ4n) is 2.12. The summed E-state index contributed by atoms with van der Waals surface area (Å²) < 4.78 is 0. The minimum atomic E-state index is -0.827. The molecule has 3 N–H and O–H groups in total. The van der Waals surface area contributed by atoms with Gasteiger partial charge in [0.2, 0.25) is 0 Å². The van der Waals surface area contributed by atoms with Crippen molar-refractivity contribution in [1.82, 2.24) is 15.6 Å². The van der Waals surface area contributed by atoms with E-state index < -0.39 is 5.97 Å². The van der Waals surface area contributed by atoms with Crippen LogP contribution in [0.5, 0.6) is 0 Å². The molecule has 0 aliphatic carbocycles. The van der Waals surface area contributed by atoms with E-state index >= 15 is 0 Å². The molecule has 0 aliphatic rings. The van der Waals surface area contributed by atoms with Crippen molar-refractivity contribution in [1.29, 1.82) is 0 Å². The Morgan fingerprint density at radius 1 is 1.38 bits per heavy atom. The molecule has 1 rings (SSSR count). The maximum Gasteiger partial charge on any atom is 0.314 e. The number of hydrogen-bond acceptors (Lipinski definition) is 4. The third-order valence-corrected chi connectivity index (χ3v) is 3.60. The highest BCUT2D eigenvalue weighted by atomic mass is 32.1. The number of thiazole rings is 1. The van der Waals surface area contributed by atoms with Crippen molar-refractivity contribution in [3.8, 4) is 0 Å². The molecule has 118 valence electrons. The van der Waals surface area contributed by atoms with Gasteiger partial charge in [-0.1, -0.05) is 13.8 Å². The molecule has 6 nitrogen and oxygen atoms in total. The van der Waals surface area contributed by atoms with E-state index in [9.17, 15) is 9.59 Å². The van der Waals surface area contributed by atoms with Crippen molar-refractivity contribution in [3.63, 3.8) is 0 Å². The Morgan fingerprint density at radius 2 is 2.14 bits per heavy atom. The maximum atomic E-state index is 11.7. The van der Waals surface area contributed by atoms with Gasteiger partial charge in [-0.15, -0.1) is 11.3 Å². The van der Waals surface area contributed by atoms with Gasteiger partial charge in [-0.05, 0) is 18.3 Å². The Labute approximate surface area is 129 Å². The van der Waals surface area contributed by atoms with Crippen molar-refractivity contribution in [2.45, 2.75) is 33.1 Å². The topological polar surface area (TPSA) is 91.3 Å². The lowest BCUT2D eigenvalue weighted by Crippen LogP contribution is -2.39. The number of nitrogens with one attached hydrogen (secondary N) is 2. The number of carbonyl (C=O) groups is 2. The average Bonchev–Trinajstić information content (AvgIpc) is 2.88. The lowest BCUT2D eigenvalue weighted by atomic mass is 9.94. The van der Waals surface area contributed by atoms with Gasteiger partial charge in [0.1, 0.15) is 0 Å². The van der Waals surface area contributed by atoms with Crippen LogP contribution in [-0.4, -0.2) is 35.2 Å². The van der Waals surface area contributed by atoms with Crippen LogP contribution in [0.1, 0.15) is 32.4 Å². The zero-order chi connectivity index (χ0) is 15.7. The smallest absolute Gasteiger partial charge is 0.314 e. The van der Waals surface area contributed by atoms with Gasteiger partial charge in [-0.25, -0.2) is 9.78 Å². The standard InChI is InChI=1S/C14H23N3O3S/c1-10(2)5-11(6-13(18)19)7-16-14(20)15-4-3-12-8-21-9-17-12/h8-11H,3-7H2,1-2H3,(H,18,19)(H2,15,16,20)/t11-/m0/s1. The Bertz CT molecular complexity index is 435. The van der Waals surface area contributed by atoms with Crippen LogP contribution < -0.4 is 10.6 Å². The summed E-state index contributed by atoms with van der Waals surface area (Å²) in [5, 5.41) is 16.3. The number of amides is 2. The second kappa shape index (κ2) is 9.33. The van der Waals surface area contributed by atoms with Crippen molar-refractivity contribution in [3.05, 3.63) is 16.6 Å². The lowest BCUT2D eigenvalue weighted by Gasteiger charge is -2.18. The van der Waals surface area contributed by atoms with Crippen LogP contribution in [0.2, 0.25) is 0 Å². The van der Waals surface area contributed by atoms with E-state index in [2.05, 4.69) is 15.6 Å². The highest BCUT2D eigenvalue weighted by molar-refractivity contribution is 7.07. The molecule has 2 amide bonds. The lowest BCUT2D eigenvalue weighted by molar-refractivity contribution is -0.138. The van der Waals surface area contributed by atoms with E-state index in [1.54, 1.807) is 5.51 Å². The fourth-order valence-corrected chi connectivity index (χ4v) is 2.71. The van der Waals surface area contributed by atoms with Crippen molar-refractivity contribution >= 4 is 23.3 Å². The first-order valence-electron chi connectivity index (χ1n) is 7.08. The molecule has 1 aromatic heterocycles. The Balaban J connectivity index is 2.23. The molecule has 0 spiro atoms. The molecule has 0 fully saturated rings. The average molecular weight is 313 g/mol. The van der Waals surface area contributed by atoms with Gasteiger partial charge >= 0.3 is 12.0 Å². The molecule has 1 aromatic rings. The SMILES string of the molecule is CC(C)C[C@H](CNC(=O)NCCc1cscn1)CC(=O)O. The molecule has 0 saturated heterocycles. The zero-order valence-corrected chi connectivity index (χ0v) is 13.3. The molecular weight excluding hydrogens is 290 g/mol. The summed E-state index contributed by atoms with van der Waals surface area (Å²) in [6, 6.07) is -0.260. The van der Waals surface area contributed by atoms with Crippen molar-refractivity contribution in [2.24, 2.45) is 11.8 Å². The minimum absolute atomic E-state index is 0.0354.